The highest BCUT2D eigenvalue weighted by atomic mass is 16.3. The number of nitrogens with one attached hydrogen (secondary N) is 2. The third kappa shape index (κ3) is 3.20. The molecule has 1 fully saturated rings. The molecule has 2 heterocycles. The van der Waals surface area contributed by atoms with E-state index in [4.69, 9.17) is 4.42 Å². The van der Waals surface area contributed by atoms with E-state index in [-0.39, 0.29) is 11.8 Å². The van der Waals surface area contributed by atoms with Gasteiger partial charge in [0, 0.05) is 17.8 Å². The number of hydrogen-bond donors (Lipinski definition) is 2. The molecule has 1 aromatic carbocycles. The highest BCUT2D eigenvalue weighted by Gasteiger charge is 2.21. The minimum atomic E-state index is 0.0424. The molecule has 1 amide bonds. The smallest absolute Gasteiger partial charge is 0.228 e. The molecule has 2 aromatic rings. The van der Waals surface area contributed by atoms with Gasteiger partial charge >= 0.3 is 0 Å². The standard InChI is InChI=1S/C17H21N3O2/c1-11-5-6-13(17-19-12(2)10-22-17)8-15(11)20-16(21)14-4-3-7-18-9-14/h5-6,8,10,14,18H,3-4,7,9H2,1-2H3,(H,20,21). The summed E-state index contributed by atoms with van der Waals surface area (Å²) >= 11 is 0. The normalized spacial score (nSPS) is 18.2. The van der Waals surface area contributed by atoms with E-state index in [0.717, 1.165) is 48.4 Å². The predicted molar refractivity (Wildman–Crippen MR) is 85.6 cm³/mol. The van der Waals surface area contributed by atoms with Gasteiger partial charge in [0.1, 0.15) is 6.26 Å². The quantitative estimate of drug-likeness (QED) is 0.914. The second-order valence-electron chi connectivity index (χ2n) is 5.86. The Morgan fingerprint density at radius 1 is 1.41 bits per heavy atom. The number of aromatic nitrogens is 1. The molecule has 1 aromatic heterocycles. The van der Waals surface area contributed by atoms with Crippen LogP contribution in [0.2, 0.25) is 0 Å². The molecule has 5 nitrogen and oxygen atoms in total. The summed E-state index contributed by atoms with van der Waals surface area (Å²) in [5.74, 6) is 0.698. The second kappa shape index (κ2) is 6.32. The molecule has 3 rings (SSSR count). The highest BCUT2D eigenvalue weighted by molar-refractivity contribution is 5.94. The zero-order valence-corrected chi connectivity index (χ0v) is 13.0. The minimum absolute atomic E-state index is 0.0424. The summed E-state index contributed by atoms with van der Waals surface area (Å²) in [4.78, 5) is 16.7. The summed E-state index contributed by atoms with van der Waals surface area (Å²) in [5.41, 5.74) is 3.57. The van der Waals surface area contributed by atoms with Gasteiger partial charge in [-0.25, -0.2) is 4.98 Å². The maximum Gasteiger partial charge on any atom is 0.228 e. The van der Waals surface area contributed by atoms with Gasteiger partial charge in [-0.05, 0) is 50.9 Å². The van der Waals surface area contributed by atoms with Crippen molar-refractivity contribution in [3.8, 4) is 11.5 Å². The molecule has 0 radical (unpaired) electrons. The first-order valence-corrected chi connectivity index (χ1v) is 7.68. The van der Waals surface area contributed by atoms with Crippen molar-refractivity contribution in [1.29, 1.82) is 0 Å². The molecule has 1 saturated heterocycles. The number of rotatable bonds is 3. The molecule has 2 N–H and O–H groups in total. The van der Waals surface area contributed by atoms with Crippen LogP contribution < -0.4 is 10.6 Å². The number of nitrogens with zero attached hydrogens (tertiary/aromatic N) is 1. The van der Waals surface area contributed by atoms with Gasteiger partial charge < -0.3 is 15.1 Å². The number of benzene rings is 1. The van der Waals surface area contributed by atoms with Gasteiger partial charge in [0.15, 0.2) is 0 Å². The maximum atomic E-state index is 12.4. The van der Waals surface area contributed by atoms with E-state index in [2.05, 4.69) is 15.6 Å². The first kappa shape index (κ1) is 14.8. The summed E-state index contributed by atoms with van der Waals surface area (Å²) < 4.78 is 5.43. The second-order valence-corrected chi connectivity index (χ2v) is 5.86. The van der Waals surface area contributed by atoms with Crippen molar-refractivity contribution in [2.24, 2.45) is 5.92 Å². The molecule has 1 aliphatic rings. The molecule has 5 heteroatoms. The van der Waals surface area contributed by atoms with Crippen molar-refractivity contribution < 1.29 is 9.21 Å². The van der Waals surface area contributed by atoms with E-state index < -0.39 is 0 Å². The maximum absolute atomic E-state index is 12.4. The van der Waals surface area contributed by atoms with Gasteiger partial charge in [0.2, 0.25) is 11.8 Å². The zero-order chi connectivity index (χ0) is 15.5. The van der Waals surface area contributed by atoms with Gasteiger partial charge in [-0.15, -0.1) is 0 Å². The molecule has 0 saturated carbocycles. The van der Waals surface area contributed by atoms with Crippen LogP contribution in [0.15, 0.2) is 28.9 Å². The molecule has 116 valence electrons. The van der Waals surface area contributed by atoms with Crippen molar-refractivity contribution in [2.75, 3.05) is 18.4 Å². The Morgan fingerprint density at radius 3 is 2.95 bits per heavy atom. The number of carbonyl (C=O) groups is 1. The number of carbonyl (C=O) groups excluding carboxylic acids is 1. The Hall–Kier alpha value is -2.14. The number of hydrogen-bond acceptors (Lipinski definition) is 4. The number of oxazole rings is 1. The summed E-state index contributed by atoms with van der Waals surface area (Å²) in [6, 6.07) is 5.86. The summed E-state index contributed by atoms with van der Waals surface area (Å²) in [5, 5.41) is 6.32. The summed E-state index contributed by atoms with van der Waals surface area (Å²) in [7, 11) is 0. The zero-order valence-electron chi connectivity index (χ0n) is 13.0. The van der Waals surface area contributed by atoms with E-state index in [1.54, 1.807) is 6.26 Å². The van der Waals surface area contributed by atoms with Crippen LogP contribution in [0.25, 0.3) is 11.5 Å². The Bertz CT molecular complexity index is 672. The van der Waals surface area contributed by atoms with Crippen molar-refractivity contribution in [1.82, 2.24) is 10.3 Å². The number of piperidine rings is 1. The van der Waals surface area contributed by atoms with E-state index in [9.17, 15) is 4.79 Å². The Labute approximate surface area is 130 Å². The van der Waals surface area contributed by atoms with E-state index in [1.807, 2.05) is 32.0 Å². The fourth-order valence-corrected chi connectivity index (χ4v) is 2.69. The molecule has 22 heavy (non-hydrogen) atoms. The molecule has 1 unspecified atom stereocenters. The highest BCUT2D eigenvalue weighted by Crippen LogP contribution is 2.25. The van der Waals surface area contributed by atoms with Crippen molar-refractivity contribution in [2.45, 2.75) is 26.7 Å². The average molecular weight is 299 g/mol. The fraction of sp³-hybridized carbons (Fsp3) is 0.412. The largest absolute Gasteiger partial charge is 0.444 e. The molecule has 1 aliphatic heterocycles. The van der Waals surface area contributed by atoms with Gasteiger partial charge in [-0.1, -0.05) is 6.07 Å². The van der Waals surface area contributed by atoms with Crippen LogP contribution in [0.5, 0.6) is 0 Å². The molecular formula is C17H21N3O2. The lowest BCUT2D eigenvalue weighted by Gasteiger charge is -2.22. The summed E-state index contributed by atoms with van der Waals surface area (Å²) in [6.07, 6.45) is 3.62. The lowest BCUT2D eigenvalue weighted by atomic mass is 9.98. The molecule has 1 atom stereocenters. The Kier molecular flexibility index (Phi) is 4.24. The van der Waals surface area contributed by atoms with Crippen molar-refractivity contribution >= 4 is 11.6 Å². The van der Waals surface area contributed by atoms with Crippen molar-refractivity contribution in [3.05, 3.63) is 35.7 Å². The third-order valence-electron chi connectivity index (χ3n) is 4.03. The van der Waals surface area contributed by atoms with Crippen LogP contribution in [-0.2, 0) is 4.79 Å². The van der Waals surface area contributed by atoms with Crippen LogP contribution >= 0.6 is 0 Å². The SMILES string of the molecule is Cc1coc(-c2ccc(C)c(NC(=O)C3CCCNC3)c2)n1. The van der Waals surface area contributed by atoms with E-state index in [1.165, 1.54) is 0 Å². The first-order valence-electron chi connectivity index (χ1n) is 7.68. The minimum Gasteiger partial charge on any atom is -0.444 e. The van der Waals surface area contributed by atoms with Crippen LogP contribution in [0, 0.1) is 19.8 Å². The average Bonchev–Trinajstić information content (AvgIpc) is 2.97. The van der Waals surface area contributed by atoms with Gasteiger partial charge in [0.25, 0.3) is 0 Å². The Balaban J connectivity index is 1.79. The molecule has 0 aliphatic carbocycles. The van der Waals surface area contributed by atoms with Crippen molar-refractivity contribution in [3.63, 3.8) is 0 Å². The van der Waals surface area contributed by atoms with Gasteiger partial charge in [0.05, 0.1) is 11.6 Å². The number of aryl methyl sites for hydroxylation is 2. The van der Waals surface area contributed by atoms with Crippen LogP contribution in [-0.4, -0.2) is 24.0 Å². The number of amides is 1. The van der Waals surface area contributed by atoms with Gasteiger partial charge in [-0.3, -0.25) is 4.79 Å². The predicted octanol–water partition coefficient (Wildman–Crippen LogP) is 2.90. The van der Waals surface area contributed by atoms with Crippen LogP contribution in [0.1, 0.15) is 24.1 Å². The van der Waals surface area contributed by atoms with Crippen LogP contribution in [0.3, 0.4) is 0 Å². The molecule has 0 spiro atoms. The van der Waals surface area contributed by atoms with Gasteiger partial charge in [-0.2, -0.15) is 0 Å². The molecule has 0 bridgehead atoms. The lowest BCUT2D eigenvalue weighted by Crippen LogP contribution is -2.37. The lowest BCUT2D eigenvalue weighted by molar-refractivity contribution is -0.120. The third-order valence-corrected chi connectivity index (χ3v) is 4.03. The fourth-order valence-electron chi connectivity index (χ4n) is 2.69. The summed E-state index contributed by atoms with van der Waals surface area (Å²) in [6.45, 7) is 5.63. The number of anilines is 1. The van der Waals surface area contributed by atoms with Crippen LogP contribution in [0.4, 0.5) is 5.69 Å². The first-order chi connectivity index (χ1) is 10.6. The topological polar surface area (TPSA) is 67.2 Å². The van der Waals surface area contributed by atoms with E-state index in [0.29, 0.717) is 5.89 Å². The monoisotopic (exact) mass is 299 g/mol. The van der Waals surface area contributed by atoms with E-state index >= 15 is 0 Å². The Morgan fingerprint density at radius 2 is 2.27 bits per heavy atom. The molecular weight excluding hydrogens is 278 g/mol.